The maximum absolute atomic E-state index is 11.1. The van der Waals surface area contributed by atoms with Crippen LogP contribution in [0.3, 0.4) is 0 Å². The molecule has 1 aromatic heterocycles. The van der Waals surface area contributed by atoms with Crippen molar-refractivity contribution >= 4 is 34.3 Å². The van der Waals surface area contributed by atoms with Gasteiger partial charge in [-0.1, -0.05) is 17.7 Å². The molecule has 0 spiro atoms. The van der Waals surface area contributed by atoms with Crippen molar-refractivity contribution in [2.45, 2.75) is 26.8 Å². The predicted octanol–water partition coefficient (Wildman–Crippen LogP) is 4.49. The van der Waals surface area contributed by atoms with Crippen LogP contribution < -0.4 is 5.32 Å². The van der Waals surface area contributed by atoms with Crippen molar-refractivity contribution in [2.24, 2.45) is 0 Å². The summed E-state index contributed by atoms with van der Waals surface area (Å²) in [5.41, 5.74) is 1.25. The number of aromatic nitrogens is 1. The minimum atomic E-state index is -0.439. The Morgan fingerprint density at radius 2 is 2.15 bits per heavy atom. The largest absolute Gasteiger partial charge is 0.371 e. The van der Waals surface area contributed by atoms with Crippen molar-refractivity contribution < 1.29 is 4.92 Å². The molecular formula is C13H14ClN3O2S. The summed E-state index contributed by atoms with van der Waals surface area (Å²) >= 11 is 7.65. The second-order valence-electron chi connectivity index (χ2n) is 4.44. The summed E-state index contributed by atoms with van der Waals surface area (Å²) in [4.78, 5) is 16.0. The molecule has 20 heavy (non-hydrogen) atoms. The van der Waals surface area contributed by atoms with Gasteiger partial charge in [0.2, 0.25) is 0 Å². The molecule has 0 saturated heterocycles. The van der Waals surface area contributed by atoms with Gasteiger partial charge in [0, 0.05) is 10.9 Å². The second-order valence-corrected chi connectivity index (χ2v) is 6.08. The number of rotatable bonds is 4. The second kappa shape index (κ2) is 5.76. The minimum Gasteiger partial charge on any atom is -0.371 e. The molecule has 0 fully saturated rings. The van der Waals surface area contributed by atoms with Crippen LogP contribution in [0.15, 0.2) is 18.2 Å². The van der Waals surface area contributed by atoms with E-state index in [4.69, 9.17) is 11.6 Å². The van der Waals surface area contributed by atoms with Gasteiger partial charge in [0.15, 0.2) is 0 Å². The maximum atomic E-state index is 11.1. The number of nitrogens with one attached hydrogen (secondary N) is 1. The Morgan fingerprint density at radius 1 is 1.45 bits per heavy atom. The summed E-state index contributed by atoms with van der Waals surface area (Å²) < 4.78 is 0. The first-order chi connectivity index (χ1) is 9.40. The fourth-order valence-electron chi connectivity index (χ4n) is 2.04. The Bertz CT molecular complexity index is 657. The van der Waals surface area contributed by atoms with Gasteiger partial charge in [0.1, 0.15) is 5.69 Å². The van der Waals surface area contributed by atoms with E-state index in [-0.39, 0.29) is 11.7 Å². The molecule has 1 atom stereocenters. The number of para-hydroxylation sites is 1. The van der Waals surface area contributed by atoms with Crippen molar-refractivity contribution in [1.29, 1.82) is 0 Å². The molecule has 0 bridgehead atoms. The van der Waals surface area contributed by atoms with Gasteiger partial charge in [-0.3, -0.25) is 10.1 Å². The molecule has 106 valence electrons. The highest BCUT2D eigenvalue weighted by molar-refractivity contribution is 7.11. The zero-order chi connectivity index (χ0) is 14.9. The van der Waals surface area contributed by atoms with E-state index in [1.54, 1.807) is 23.5 Å². The van der Waals surface area contributed by atoms with Gasteiger partial charge < -0.3 is 5.32 Å². The van der Waals surface area contributed by atoms with E-state index >= 15 is 0 Å². The average Bonchev–Trinajstić information content (AvgIpc) is 2.70. The SMILES string of the molecule is Cc1nc(C)c(C(C)Nc2c(Cl)cccc2[N+](=O)[O-])s1. The minimum absolute atomic E-state index is 0.0248. The van der Waals surface area contributed by atoms with E-state index in [2.05, 4.69) is 10.3 Å². The molecule has 0 radical (unpaired) electrons. The zero-order valence-electron chi connectivity index (χ0n) is 11.3. The lowest BCUT2D eigenvalue weighted by Crippen LogP contribution is -2.08. The van der Waals surface area contributed by atoms with Crippen LogP contribution in [0.1, 0.15) is 28.5 Å². The van der Waals surface area contributed by atoms with Crippen LogP contribution in [-0.2, 0) is 0 Å². The van der Waals surface area contributed by atoms with Crippen LogP contribution in [0.2, 0.25) is 5.02 Å². The molecule has 0 aliphatic heterocycles. The van der Waals surface area contributed by atoms with Gasteiger partial charge in [-0.15, -0.1) is 11.3 Å². The first kappa shape index (κ1) is 14.7. The predicted molar refractivity (Wildman–Crippen MR) is 81.7 cm³/mol. The number of nitro groups is 1. The lowest BCUT2D eigenvalue weighted by atomic mass is 10.2. The van der Waals surface area contributed by atoms with Crippen molar-refractivity contribution in [2.75, 3.05) is 5.32 Å². The number of anilines is 1. The fraction of sp³-hybridized carbons (Fsp3) is 0.308. The molecule has 2 rings (SSSR count). The molecule has 1 N–H and O–H groups in total. The molecule has 0 amide bonds. The lowest BCUT2D eigenvalue weighted by Gasteiger charge is -2.15. The quantitative estimate of drug-likeness (QED) is 0.667. The van der Waals surface area contributed by atoms with Crippen LogP contribution in [0.4, 0.5) is 11.4 Å². The van der Waals surface area contributed by atoms with Gasteiger partial charge in [-0.05, 0) is 26.8 Å². The number of nitro benzene ring substituents is 1. The first-order valence-corrected chi connectivity index (χ1v) is 7.23. The summed E-state index contributed by atoms with van der Waals surface area (Å²) in [6.07, 6.45) is 0. The third kappa shape index (κ3) is 2.91. The van der Waals surface area contributed by atoms with E-state index in [0.717, 1.165) is 15.6 Å². The van der Waals surface area contributed by atoms with Crippen molar-refractivity contribution in [3.8, 4) is 0 Å². The Hall–Kier alpha value is -1.66. The van der Waals surface area contributed by atoms with E-state index in [1.165, 1.54) is 6.07 Å². The van der Waals surface area contributed by atoms with Crippen molar-refractivity contribution in [1.82, 2.24) is 4.98 Å². The summed E-state index contributed by atoms with van der Waals surface area (Å²) in [6.45, 7) is 5.80. The Morgan fingerprint density at radius 3 is 2.70 bits per heavy atom. The van der Waals surface area contributed by atoms with Crippen molar-refractivity contribution in [3.63, 3.8) is 0 Å². The molecule has 0 saturated carbocycles. The molecule has 1 heterocycles. The normalized spacial score (nSPS) is 12.2. The molecule has 1 aromatic carbocycles. The summed E-state index contributed by atoms with van der Waals surface area (Å²) in [5.74, 6) is 0. The Labute approximate surface area is 125 Å². The van der Waals surface area contributed by atoms with Crippen LogP contribution >= 0.6 is 22.9 Å². The van der Waals surface area contributed by atoms with Crippen LogP contribution in [-0.4, -0.2) is 9.91 Å². The highest BCUT2D eigenvalue weighted by Crippen LogP contribution is 2.36. The molecule has 5 nitrogen and oxygen atoms in total. The Balaban J connectivity index is 2.35. The van der Waals surface area contributed by atoms with E-state index < -0.39 is 4.92 Å². The van der Waals surface area contributed by atoms with E-state index in [9.17, 15) is 10.1 Å². The number of halogens is 1. The lowest BCUT2D eigenvalue weighted by molar-refractivity contribution is -0.384. The third-order valence-corrected chi connectivity index (χ3v) is 4.45. The van der Waals surface area contributed by atoms with Gasteiger partial charge in [0.05, 0.1) is 26.7 Å². The number of thiazole rings is 1. The van der Waals surface area contributed by atoms with E-state index in [0.29, 0.717) is 10.7 Å². The average molecular weight is 312 g/mol. The summed E-state index contributed by atoms with van der Waals surface area (Å²) in [7, 11) is 0. The first-order valence-electron chi connectivity index (χ1n) is 6.03. The molecule has 0 aliphatic carbocycles. The maximum Gasteiger partial charge on any atom is 0.293 e. The molecule has 2 aromatic rings. The molecule has 7 heteroatoms. The Kier molecular flexibility index (Phi) is 4.25. The van der Waals surface area contributed by atoms with Crippen LogP contribution in [0.25, 0.3) is 0 Å². The van der Waals surface area contributed by atoms with Gasteiger partial charge in [0.25, 0.3) is 5.69 Å². The van der Waals surface area contributed by atoms with Gasteiger partial charge in [-0.2, -0.15) is 0 Å². The highest BCUT2D eigenvalue weighted by Gasteiger charge is 2.20. The number of benzene rings is 1. The monoisotopic (exact) mass is 311 g/mol. The summed E-state index contributed by atoms with van der Waals surface area (Å²) in [6, 6.07) is 4.54. The molecule has 1 unspecified atom stereocenters. The van der Waals surface area contributed by atoms with Gasteiger partial charge >= 0.3 is 0 Å². The fourth-order valence-corrected chi connectivity index (χ4v) is 3.19. The topological polar surface area (TPSA) is 68.1 Å². The standard InChI is InChI=1S/C13H14ClN3O2S/c1-7-13(20-9(3)15-7)8(2)16-12-10(14)5-4-6-11(12)17(18)19/h4-6,8,16H,1-3H3. The van der Waals surface area contributed by atoms with E-state index in [1.807, 2.05) is 20.8 Å². The molecular weight excluding hydrogens is 298 g/mol. The number of hydrogen-bond donors (Lipinski definition) is 1. The van der Waals surface area contributed by atoms with Gasteiger partial charge in [-0.25, -0.2) is 4.98 Å². The zero-order valence-corrected chi connectivity index (χ0v) is 12.9. The third-order valence-electron chi connectivity index (χ3n) is 2.88. The summed E-state index contributed by atoms with van der Waals surface area (Å²) in [5, 5.41) is 15.5. The van der Waals surface area contributed by atoms with Crippen molar-refractivity contribution in [3.05, 3.63) is 48.9 Å². The number of hydrogen-bond acceptors (Lipinski definition) is 5. The smallest absolute Gasteiger partial charge is 0.293 e. The molecule has 0 aliphatic rings. The van der Waals surface area contributed by atoms with Crippen LogP contribution in [0.5, 0.6) is 0 Å². The number of nitrogens with zero attached hydrogens (tertiary/aromatic N) is 2. The van der Waals surface area contributed by atoms with Crippen LogP contribution in [0, 0.1) is 24.0 Å². The number of aryl methyl sites for hydroxylation is 2. The highest BCUT2D eigenvalue weighted by atomic mass is 35.5.